The van der Waals surface area contributed by atoms with Crippen LogP contribution in [0.3, 0.4) is 0 Å². The number of halogens is 5. The van der Waals surface area contributed by atoms with E-state index in [1.807, 2.05) is 0 Å². The molecule has 0 aromatic rings. The zero-order chi connectivity index (χ0) is 7.71. The Morgan fingerprint density at radius 1 is 1.22 bits per heavy atom. The van der Waals surface area contributed by atoms with Gasteiger partial charge in [-0.3, -0.25) is 0 Å². The van der Waals surface area contributed by atoms with Crippen molar-refractivity contribution in [2.24, 2.45) is 0 Å². The van der Waals surface area contributed by atoms with Gasteiger partial charge in [-0.25, -0.2) is 4.39 Å². The lowest BCUT2D eigenvalue weighted by Gasteiger charge is -2.15. The molecular formula is C3H3Cl4FO. The van der Waals surface area contributed by atoms with Gasteiger partial charge in [0.1, 0.15) is 0 Å². The molecule has 0 saturated heterocycles. The first-order valence-corrected chi connectivity index (χ1v) is 3.39. The molecule has 0 bridgehead atoms. The van der Waals surface area contributed by atoms with Crippen LogP contribution >= 0.6 is 46.4 Å². The van der Waals surface area contributed by atoms with Gasteiger partial charge in [0.15, 0.2) is 0 Å². The molecular weight excluding hydrogens is 213 g/mol. The maximum atomic E-state index is 12.1. The number of hydrogen-bond donors (Lipinski definition) is 1. The molecule has 0 aromatic carbocycles. The van der Waals surface area contributed by atoms with E-state index in [9.17, 15) is 4.39 Å². The highest BCUT2D eigenvalue weighted by Gasteiger charge is 2.34. The van der Waals surface area contributed by atoms with Crippen LogP contribution < -0.4 is 0 Å². The molecule has 0 rings (SSSR count). The van der Waals surface area contributed by atoms with E-state index in [2.05, 4.69) is 0 Å². The fourth-order valence-electron chi connectivity index (χ4n) is 0.241. The highest BCUT2D eigenvalue weighted by molar-refractivity contribution is 6.51. The van der Waals surface area contributed by atoms with Crippen LogP contribution in [0.25, 0.3) is 0 Å². The average Bonchev–Trinajstić information content (AvgIpc) is 1.14. The van der Waals surface area contributed by atoms with E-state index in [4.69, 9.17) is 51.5 Å². The van der Waals surface area contributed by atoms with Crippen molar-refractivity contribution >= 4 is 46.4 Å². The van der Waals surface area contributed by atoms with Crippen LogP contribution in [0.15, 0.2) is 0 Å². The Morgan fingerprint density at radius 3 is 1.56 bits per heavy atom. The summed E-state index contributed by atoms with van der Waals surface area (Å²) in [6.45, 7) is 0. The summed E-state index contributed by atoms with van der Waals surface area (Å²) in [6.07, 6.45) is -0.758. The van der Waals surface area contributed by atoms with Crippen molar-refractivity contribution in [1.29, 1.82) is 0 Å². The minimum atomic E-state index is -2.59. The van der Waals surface area contributed by atoms with Crippen LogP contribution in [0.2, 0.25) is 0 Å². The molecule has 9 heavy (non-hydrogen) atoms. The Hall–Kier alpha value is 1.05. The summed E-state index contributed by atoms with van der Waals surface area (Å²) >= 11 is 19.4. The fourth-order valence-corrected chi connectivity index (χ4v) is 1.27. The Balaban J connectivity index is 3.75. The molecule has 0 atom stereocenters. The maximum absolute atomic E-state index is 12.1. The van der Waals surface area contributed by atoms with Crippen LogP contribution in [0, 0.1) is 0 Å². The summed E-state index contributed by atoms with van der Waals surface area (Å²) in [6, 6.07) is 0. The number of rotatable bonds is 2. The highest BCUT2D eigenvalue weighted by Crippen LogP contribution is 2.36. The minimum Gasteiger partial charge on any atom is -0.362 e. The Bertz CT molecular complexity index is 81.0. The van der Waals surface area contributed by atoms with Gasteiger partial charge in [0, 0.05) is 0 Å². The van der Waals surface area contributed by atoms with Gasteiger partial charge in [0.25, 0.3) is 4.59 Å². The fraction of sp³-hybridized carbons (Fsp3) is 1.00. The quantitative estimate of drug-likeness (QED) is 0.703. The van der Waals surface area contributed by atoms with Crippen molar-refractivity contribution in [2.75, 3.05) is 0 Å². The minimum absolute atomic E-state index is 0.758. The first-order valence-electron chi connectivity index (χ1n) is 1.88. The second kappa shape index (κ2) is 2.97. The molecule has 0 radical (unpaired) electrons. The summed E-state index contributed by atoms with van der Waals surface area (Å²) in [5.41, 5.74) is 0. The standard InChI is InChI=1S/C3H3Cl4FO/c4-2(5,8)1-3(6,7)9/h9H,1H2. The van der Waals surface area contributed by atoms with Gasteiger partial charge in [0.2, 0.25) is 4.52 Å². The molecule has 0 fully saturated rings. The number of alkyl halides is 5. The van der Waals surface area contributed by atoms with Crippen molar-refractivity contribution in [3.63, 3.8) is 0 Å². The normalized spacial score (nSPS) is 14.0. The largest absolute Gasteiger partial charge is 0.362 e. The van der Waals surface area contributed by atoms with E-state index in [1.165, 1.54) is 0 Å². The smallest absolute Gasteiger partial charge is 0.262 e. The summed E-state index contributed by atoms with van der Waals surface area (Å²) in [5, 5.41) is 8.48. The third kappa shape index (κ3) is 9.05. The third-order valence-electron chi connectivity index (χ3n) is 0.413. The number of aliphatic hydroxyl groups is 1. The average molecular weight is 216 g/mol. The van der Waals surface area contributed by atoms with Gasteiger partial charge < -0.3 is 5.11 Å². The second-order valence-electron chi connectivity index (χ2n) is 1.46. The summed E-state index contributed by atoms with van der Waals surface area (Å²) in [5.74, 6) is 0. The molecule has 0 heterocycles. The van der Waals surface area contributed by atoms with E-state index in [0.29, 0.717) is 0 Å². The zero-order valence-corrected chi connectivity index (χ0v) is 7.07. The van der Waals surface area contributed by atoms with Gasteiger partial charge in [-0.2, -0.15) is 0 Å². The van der Waals surface area contributed by atoms with Crippen LogP contribution in [0.4, 0.5) is 4.39 Å². The van der Waals surface area contributed by atoms with Crippen LogP contribution in [0.5, 0.6) is 0 Å². The molecule has 1 N–H and O–H groups in total. The van der Waals surface area contributed by atoms with E-state index in [-0.39, 0.29) is 0 Å². The predicted octanol–water partition coefficient (Wildman–Crippen LogP) is 2.60. The Labute approximate surface area is 71.6 Å². The van der Waals surface area contributed by atoms with Crippen molar-refractivity contribution in [2.45, 2.75) is 15.5 Å². The van der Waals surface area contributed by atoms with E-state index in [0.717, 1.165) is 0 Å². The van der Waals surface area contributed by atoms with Crippen LogP contribution in [-0.2, 0) is 0 Å². The first kappa shape index (κ1) is 10.0. The zero-order valence-electron chi connectivity index (χ0n) is 4.04. The highest BCUT2D eigenvalue weighted by atomic mass is 35.5. The van der Waals surface area contributed by atoms with Gasteiger partial charge >= 0.3 is 0 Å². The molecule has 56 valence electrons. The van der Waals surface area contributed by atoms with Crippen molar-refractivity contribution in [3.8, 4) is 0 Å². The molecule has 0 saturated carbocycles. The molecule has 0 unspecified atom stereocenters. The first-order chi connectivity index (χ1) is 3.71. The lowest BCUT2D eigenvalue weighted by atomic mass is 10.5. The Morgan fingerprint density at radius 2 is 1.56 bits per heavy atom. The lowest BCUT2D eigenvalue weighted by Crippen LogP contribution is -2.20. The third-order valence-corrected chi connectivity index (χ3v) is 0.948. The molecule has 0 aliphatic carbocycles. The molecule has 1 nitrogen and oxygen atoms in total. The summed E-state index contributed by atoms with van der Waals surface area (Å²) in [7, 11) is 0. The Kier molecular flexibility index (Phi) is 3.32. The van der Waals surface area contributed by atoms with Crippen LogP contribution in [-0.4, -0.2) is 14.2 Å². The summed E-state index contributed by atoms with van der Waals surface area (Å²) < 4.78 is 7.29. The molecule has 0 aliphatic heterocycles. The topological polar surface area (TPSA) is 20.2 Å². The van der Waals surface area contributed by atoms with Crippen molar-refractivity contribution in [3.05, 3.63) is 0 Å². The van der Waals surface area contributed by atoms with Gasteiger partial charge in [-0.05, 0) is 0 Å². The lowest BCUT2D eigenvalue weighted by molar-refractivity contribution is 0.170. The molecule has 0 amide bonds. The van der Waals surface area contributed by atoms with Crippen molar-refractivity contribution < 1.29 is 9.50 Å². The van der Waals surface area contributed by atoms with Gasteiger partial charge in [0.05, 0.1) is 6.42 Å². The summed E-state index contributed by atoms with van der Waals surface area (Å²) in [4.78, 5) is 0. The SMILES string of the molecule is OC(Cl)(Cl)CC(F)(Cl)Cl. The van der Waals surface area contributed by atoms with Crippen LogP contribution in [0.1, 0.15) is 6.42 Å². The molecule has 0 aliphatic rings. The maximum Gasteiger partial charge on any atom is 0.262 e. The molecule has 0 spiro atoms. The van der Waals surface area contributed by atoms with E-state index >= 15 is 0 Å². The number of hydrogen-bond acceptors (Lipinski definition) is 1. The predicted molar refractivity (Wildman–Crippen MR) is 36.8 cm³/mol. The molecule has 6 heteroatoms. The van der Waals surface area contributed by atoms with Crippen molar-refractivity contribution in [1.82, 2.24) is 0 Å². The van der Waals surface area contributed by atoms with Gasteiger partial charge in [-0.1, -0.05) is 46.4 Å². The second-order valence-corrected chi connectivity index (χ2v) is 4.29. The van der Waals surface area contributed by atoms with E-state index in [1.54, 1.807) is 0 Å². The van der Waals surface area contributed by atoms with Gasteiger partial charge in [-0.15, -0.1) is 0 Å². The monoisotopic (exact) mass is 214 g/mol. The molecule has 0 aromatic heterocycles. The van der Waals surface area contributed by atoms with E-state index < -0.39 is 15.5 Å².